The van der Waals surface area contributed by atoms with Crippen LogP contribution in [0, 0.1) is 5.82 Å². The van der Waals surface area contributed by atoms with Gasteiger partial charge in [-0.2, -0.15) is 0 Å². The summed E-state index contributed by atoms with van der Waals surface area (Å²) in [5, 5.41) is 3.40. The molecule has 0 saturated heterocycles. The molecule has 0 aliphatic rings. The number of halogens is 1. The van der Waals surface area contributed by atoms with Crippen molar-refractivity contribution in [3.8, 4) is 5.75 Å². The molecule has 114 valence electrons. The van der Waals surface area contributed by atoms with Crippen molar-refractivity contribution in [1.82, 2.24) is 5.32 Å². The van der Waals surface area contributed by atoms with Gasteiger partial charge in [-0.1, -0.05) is 13.0 Å². The molecule has 0 saturated carbocycles. The zero-order valence-corrected chi connectivity index (χ0v) is 12.7. The fraction of sp³-hybridized carbons (Fsp3) is 0.625. The van der Waals surface area contributed by atoms with Crippen molar-refractivity contribution in [3.63, 3.8) is 0 Å². The first-order valence-corrected chi connectivity index (χ1v) is 7.33. The molecule has 4 heteroatoms. The maximum absolute atomic E-state index is 13.4. The normalized spacial score (nSPS) is 12.4. The van der Waals surface area contributed by atoms with Crippen LogP contribution in [-0.4, -0.2) is 26.9 Å². The summed E-state index contributed by atoms with van der Waals surface area (Å²) in [5.74, 6) is 0.377. The van der Waals surface area contributed by atoms with Crippen LogP contribution in [0.3, 0.4) is 0 Å². The SMILES string of the molecule is CCCNC(C)c1ccc(F)cc1OCCCCOC. The first kappa shape index (κ1) is 16.9. The van der Waals surface area contributed by atoms with E-state index in [4.69, 9.17) is 9.47 Å². The van der Waals surface area contributed by atoms with Crippen molar-refractivity contribution in [1.29, 1.82) is 0 Å². The van der Waals surface area contributed by atoms with E-state index in [2.05, 4.69) is 19.2 Å². The molecule has 1 aromatic carbocycles. The zero-order valence-electron chi connectivity index (χ0n) is 12.7. The standard InChI is InChI=1S/C16H26FNO2/c1-4-9-18-13(2)15-8-7-14(17)12-16(15)20-11-6-5-10-19-3/h7-8,12-13,18H,4-6,9-11H2,1-3H3. The minimum atomic E-state index is -0.261. The van der Waals surface area contributed by atoms with Gasteiger partial charge in [0.15, 0.2) is 0 Å². The van der Waals surface area contributed by atoms with Crippen LogP contribution in [0.1, 0.15) is 44.7 Å². The molecule has 20 heavy (non-hydrogen) atoms. The molecule has 1 unspecified atom stereocenters. The van der Waals surface area contributed by atoms with E-state index in [9.17, 15) is 4.39 Å². The Bertz CT molecular complexity index is 385. The first-order chi connectivity index (χ1) is 9.69. The van der Waals surface area contributed by atoms with Crippen molar-refractivity contribution in [2.24, 2.45) is 0 Å². The summed E-state index contributed by atoms with van der Waals surface area (Å²) in [6, 6.07) is 4.91. The molecule has 3 nitrogen and oxygen atoms in total. The third-order valence-electron chi connectivity index (χ3n) is 3.14. The fourth-order valence-corrected chi connectivity index (χ4v) is 1.99. The molecule has 1 rings (SSSR count). The Labute approximate surface area is 121 Å². The Morgan fingerprint density at radius 3 is 2.70 bits per heavy atom. The van der Waals surface area contributed by atoms with Gasteiger partial charge < -0.3 is 14.8 Å². The van der Waals surface area contributed by atoms with Gasteiger partial charge in [-0.25, -0.2) is 4.39 Å². The molecule has 0 aliphatic carbocycles. The van der Waals surface area contributed by atoms with Crippen LogP contribution in [0.2, 0.25) is 0 Å². The molecular formula is C16H26FNO2. The molecule has 0 radical (unpaired) electrons. The van der Waals surface area contributed by atoms with Crippen LogP contribution in [0.25, 0.3) is 0 Å². The van der Waals surface area contributed by atoms with Crippen LogP contribution in [0.15, 0.2) is 18.2 Å². The van der Waals surface area contributed by atoms with Gasteiger partial charge in [0, 0.05) is 31.4 Å². The van der Waals surface area contributed by atoms with Crippen molar-refractivity contribution in [2.75, 3.05) is 26.9 Å². The Balaban J connectivity index is 2.60. The molecule has 1 atom stereocenters. The summed E-state index contributed by atoms with van der Waals surface area (Å²) in [5.41, 5.74) is 1.01. The van der Waals surface area contributed by atoms with Gasteiger partial charge in [-0.05, 0) is 38.8 Å². The molecular weight excluding hydrogens is 257 g/mol. The third-order valence-corrected chi connectivity index (χ3v) is 3.14. The topological polar surface area (TPSA) is 30.5 Å². The minimum absolute atomic E-state index is 0.157. The number of ether oxygens (including phenoxy) is 2. The first-order valence-electron chi connectivity index (χ1n) is 7.33. The highest BCUT2D eigenvalue weighted by Crippen LogP contribution is 2.26. The number of unbranched alkanes of at least 4 members (excludes halogenated alkanes) is 1. The van der Waals surface area contributed by atoms with Crippen molar-refractivity contribution < 1.29 is 13.9 Å². The Kier molecular flexibility index (Phi) is 8.23. The van der Waals surface area contributed by atoms with Crippen molar-refractivity contribution >= 4 is 0 Å². The second kappa shape index (κ2) is 9.72. The van der Waals surface area contributed by atoms with Crippen LogP contribution < -0.4 is 10.1 Å². The molecule has 0 bridgehead atoms. The highest BCUT2D eigenvalue weighted by atomic mass is 19.1. The van der Waals surface area contributed by atoms with Gasteiger partial charge >= 0.3 is 0 Å². The lowest BCUT2D eigenvalue weighted by molar-refractivity contribution is 0.183. The predicted octanol–water partition coefficient (Wildman–Crippen LogP) is 3.69. The lowest BCUT2D eigenvalue weighted by Crippen LogP contribution is -2.20. The van der Waals surface area contributed by atoms with Gasteiger partial charge in [-0.15, -0.1) is 0 Å². The number of hydrogen-bond donors (Lipinski definition) is 1. The molecule has 0 heterocycles. The van der Waals surface area contributed by atoms with E-state index in [0.717, 1.165) is 38.0 Å². The smallest absolute Gasteiger partial charge is 0.126 e. The molecule has 0 fully saturated rings. The number of benzene rings is 1. The molecule has 0 aliphatic heterocycles. The maximum atomic E-state index is 13.4. The Morgan fingerprint density at radius 1 is 1.25 bits per heavy atom. The largest absolute Gasteiger partial charge is 0.493 e. The van der Waals surface area contributed by atoms with E-state index in [1.807, 2.05) is 0 Å². The maximum Gasteiger partial charge on any atom is 0.126 e. The number of nitrogens with one attached hydrogen (secondary N) is 1. The monoisotopic (exact) mass is 283 g/mol. The van der Waals surface area contributed by atoms with E-state index in [-0.39, 0.29) is 11.9 Å². The van der Waals surface area contributed by atoms with Gasteiger partial charge in [0.2, 0.25) is 0 Å². The predicted molar refractivity (Wildman–Crippen MR) is 79.7 cm³/mol. The van der Waals surface area contributed by atoms with Crippen molar-refractivity contribution in [2.45, 2.75) is 39.2 Å². The number of hydrogen-bond acceptors (Lipinski definition) is 3. The molecule has 0 spiro atoms. The Hall–Kier alpha value is -1.13. The van der Waals surface area contributed by atoms with E-state index in [0.29, 0.717) is 12.4 Å². The van der Waals surface area contributed by atoms with Crippen LogP contribution in [-0.2, 0) is 4.74 Å². The lowest BCUT2D eigenvalue weighted by atomic mass is 10.1. The van der Waals surface area contributed by atoms with Crippen LogP contribution in [0.5, 0.6) is 5.75 Å². The van der Waals surface area contributed by atoms with E-state index in [1.54, 1.807) is 13.2 Å². The van der Waals surface area contributed by atoms with Gasteiger partial charge in [0.05, 0.1) is 6.61 Å². The average molecular weight is 283 g/mol. The molecule has 0 aromatic heterocycles. The average Bonchev–Trinajstić information content (AvgIpc) is 2.44. The minimum Gasteiger partial charge on any atom is -0.493 e. The zero-order chi connectivity index (χ0) is 14.8. The summed E-state index contributed by atoms with van der Waals surface area (Å²) in [7, 11) is 1.69. The summed E-state index contributed by atoms with van der Waals surface area (Å²) in [6.07, 6.45) is 2.92. The van der Waals surface area contributed by atoms with E-state index < -0.39 is 0 Å². The number of rotatable bonds is 10. The second-order valence-electron chi connectivity index (χ2n) is 4.91. The van der Waals surface area contributed by atoms with E-state index in [1.165, 1.54) is 12.1 Å². The van der Waals surface area contributed by atoms with E-state index >= 15 is 0 Å². The van der Waals surface area contributed by atoms with Gasteiger partial charge in [-0.3, -0.25) is 0 Å². The summed E-state index contributed by atoms with van der Waals surface area (Å²) < 4.78 is 24.1. The fourth-order valence-electron chi connectivity index (χ4n) is 1.99. The summed E-state index contributed by atoms with van der Waals surface area (Å²) in [6.45, 7) is 6.44. The van der Waals surface area contributed by atoms with Crippen molar-refractivity contribution in [3.05, 3.63) is 29.6 Å². The van der Waals surface area contributed by atoms with Crippen LogP contribution >= 0.6 is 0 Å². The molecule has 0 amide bonds. The third kappa shape index (κ3) is 5.88. The molecule has 1 aromatic rings. The highest BCUT2D eigenvalue weighted by molar-refractivity contribution is 5.36. The second-order valence-corrected chi connectivity index (χ2v) is 4.91. The quantitative estimate of drug-likeness (QED) is 0.664. The van der Waals surface area contributed by atoms with Gasteiger partial charge in [0.1, 0.15) is 11.6 Å². The summed E-state index contributed by atoms with van der Waals surface area (Å²) >= 11 is 0. The number of methoxy groups -OCH3 is 1. The van der Waals surface area contributed by atoms with Crippen LogP contribution in [0.4, 0.5) is 4.39 Å². The van der Waals surface area contributed by atoms with Gasteiger partial charge in [0.25, 0.3) is 0 Å². The Morgan fingerprint density at radius 2 is 2.00 bits per heavy atom. The summed E-state index contributed by atoms with van der Waals surface area (Å²) in [4.78, 5) is 0. The lowest BCUT2D eigenvalue weighted by Gasteiger charge is -2.18. The molecule has 1 N–H and O–H groups in total. The highest BCUT2D eigenvalue weighted by Gasteiger charge is 2.12.